The predicted molar refractivity (Wildman–Crippen MR) is 190 cm³/mol. The first-order valence-corrected chi connectivity index (χ1v) is 16.0. The average molecular weight is 605 g/mol. The molecule has 3 heterocycles. The standard InChI is InChI=1S/C43H28N2O2/c1-43(2)33-17-6-3-13-29(33)40-30(15-10-18-34(40)43)35-24-36(31-16-9-14-28-26-11-4-8-20-38(26)47-41(28)31)45-42(44-35)25-21-22-39-32(23-25)27-12-5-7-19-37(27)46-39/h3-24H,1-2H3. The summed E-state index contributed by atoms with van der Waals surface area (Å²) in [6.45, 7) is 4.62. The molecule has 222 valence electrons. The van der Waals surface area contributed by atoms with Crippen molar-refractivity contribution in [3.63, 3.8) is 0 Å². The van der Waals surface area contributed by atoms with Crippen molar-refractivity contribution in [2.24, 2.45) is 0 Å². The molecule has 10 rings (SSSR count). The van der Waals surface area contributed by atoms with Crippen LogP contribution in [-0.4, -0.2) is 9.97 Å². The van der Waals surface area contributed by atoms with Crippen molar-refractivity contribution in [3.05, 3.63) is 145 Å². The van der Waals surface area contributed by atoms with Crippen LogP contribution in [0.1, 0.15) is 25.0 Å². The molecule has 4 nitrogen and oxygen atoms in total. The summed E-state index contributed by atoms with van der Waals surface area (Å²) < 4.78 is 12.7. The lowest BCUT2D eigenvalue weighted by Gasteiger charge is -2.21. The summed E-state index contributed by atoms with van der Waals surface area (Å²) in [6, 6.07) is 46.4. The van der Waals surface area contributed by atoms with Crippen LogP contribution in [0.5, 0.6) is 0 Å². The van der Waals surface area contributed by atoms with Crippen molar-refractivity contribution in [1.29, 1.82) is 0 Å². The average Bonchev–Trinajstić information content (AvgIpc) is 3.76. The summed E-state index contributed by atoms with van der Waals surface area (Å²) in [4.78, 5) is 10.6. The van der Waals surface area contributed by atoms with E-state index in [-0.39, 0.29) is 5.41 Å². The molecule has 0 unspecified atom stereocenters. The summed E-state index contributed by atoms with van der Waals surface area (Å²) in [5.74, 6) is 0.654. The number of fused-ring (bicyclic) bond motifs is 9. The Morgan fingerprint density at radius 2 is 1.06 bits per heavy atom. The maximum Gasteiger partial charge on any atom is 0.160 e. The van der Waals surface area contributed by atoms with E-state index in [4.69, 9.17) is 18.8 Å². The first-order chi connectivity index (χ1) is 23.0. The zero-order valence-electron chi connectivity index (χ0n) is 25.9. The van der Waals surface area contributed by atoms with Crippen LogP contribution in [0, 0.1) is 0 Å². The second-order valence-electron chi connectivity index (χ2n) is 13.0. The molecule has 1 aliphatic rings. The van der Waals surface area contributed by atoms with E-state index in [9.17, 15) is 0 Å². The molecule has 0 saturated carbocycles. The van der Waals surface area contributed by atoms with Crippen molar-refractivity contribution in [1.82, 2.24) is 9.97 Å². The fourth-order valence-corrected chi connectivity index (χ4v) is 7.63. The zero-order valence-corrected chi connectivity index (χ0v) is 25.9. The Morgan fingerprint density at radius 1 is 0.468 bits per heavy atom. The summed E-state index contributed by atoms with van der Waals surface area (Å²) in [5, 5.41) is 4.29. The molecule has 3 aromatic heterocycles. The Bertz CT molecular complexity index is 2730. The second-order valence-corrected chi connectivity index (χ2v) is 13.0. The molecule has 1 aliphatic carbocycles. The third kappa shape index (κ3) is 3.76. The largest absolute Gasteiger partial charge is 0.456 e. The quantitative estimate of drug-likeness (QED) is 0.201. The van der Waals surface area contributed by atoms with Crippen LogP contribution in [0.2, 0.25) is 0 Å². The Kier molecular flexibility index (Phi) is 5.31. The predicted octanol–water partition coefficient (Wildman–Crippen LogP) is 11.6. The minimum absolute atomic E-state index is 0.117. The Balaban J connectivity index is 1.26. The molecule has 47 heavy (non-hydrogen) atoms. The lowest BCUT2D eigenvalue weighted by Crippen LogP contribution is -2.14. The van der Waals surface area contributed by atoms with Gasteiger partial charge in [-0.15, -0.1) is 0 Å². The van der Waals surface area contributed by atoms with Crippen LogP contribution in [0.15, 0.2) is 142 Å². The van der Waals surface area contributed by atoms with Gasteiger partial charge in [-0.25, -0.2) is 9.97 Å². The second kappa shape index (κ2) is 9.51. The third-order valence-corrected chi connectivity index (χ3v) is 9.92. The number of aromatic nitrogens is 2. The van der Waals surface area contributed by atoms with Gasteiger partial charge in [-0.3, -0.25) is 0 Å². The highest BCUT2D eigenvalue weighted by atomic mass is 16.3. The fraction of sp³-hybridized carbons (Fsp3) is 0.0698. The van der Waals surface area contributed by atoms with Gasteiger partial charge in [0.15, 0.2) is 5.82 Å². The minimum Gasteiger partial charge on any atom is -0.456 e. The maximum absolute atomic E-state index is 6.50. The Hall–Kier alpha value is -6.00. The van der Waals surface area contributed by atoms with Crippen LogP contribution in [0.4, 0.5) is 0 Å². The van der Waals surface area contributed by atoms with E-state index in [1.165, 1.54) is 22.3 Å². The maximum atomic E-state index is 6.50. The number of benzene rings is 6. The number of nitrogens with zero attached hydrogens (tertiary/aromatic N) is 2. The van der Waals surface area contributed by atoms with Crippen molar-refractivity contribution in [2.45, 2.75) is 19.3 Å². The van der Waals surface area contributed by atoms with Crippen molar-refractivity contribution in [3.8, 4) is 45.0 Å². The van der Waals surface area contributed by atoms with E-state index in [1.807, 2.05) is 36.4 Å². The van der Waals surface area contributed by atoms with Gasteiger partial charge in [0.05, 0.1) is 11.4 Å². The molecule has 0 saturated heterocycles. The molecule has 4 heteroatoms. The van der Waals surface area contributed by atoms with Gasteiger partial charge in [0.2, 0.25) is 0 Å². The van der Waals surface area contributed by atoms with Crippen molar-refractivity contribution >= 4 is 43.9 Å². The normalized spacial score (nSPS) is 13.5. The van der Waals surface area contributed by atoms with E-state index < -0.39 is 0 Å². The Labute approximate surface area is 271 Å². The first kappa shape index (κ1) is 26.2. The summed E-state index contributed by atoms with van der Waals surface area (Å²) in [7, 11) is 0. The highest BCUT2D eigenvalue weighted by Crippen LogP contribution is 2.52. The number of hydrogen-bond donors (Lipinski definition) is 0. The summed E-state index contributed by atoms with van der Waals surface area (Å²) in [6.07, 6.45) is 0. The molecule has 0 bridgehead atoms. The van der Waals surface area contributed by atoms with E-state index in [0.29, 0.717) is 5.82 Å². The molecule has 6 aromatic carbocycles. The van der Waals surface area contributed by atoms with Crippen LogP contribution in [0.3, 0.4) is 0 Å². The van der Waals surface area contributed by atoms with Gasteiger partial charge in [-0.05, 0) is 64.7 Å². The van der Waals surface area contributed by atoms with E-state index in [1.54, 1.807) is 0 Å². The van der Waals surface area contributed by atoms with Crippen molar-refractivity contribution < 1.29 is 8.83 Å². The van der Waals surface area contributed by atoms with Crippen LogP contribution < -0.4 is 0 Å². The zero-order chi connectivity index (χ0) is 31.3. The molecule has 0 spiro atoms. The summed E-state index contributed by atoms with van der Waals surface area (Å²) in [5.41, 5.74) is 13.1. The number of para-hydroxylation sites is 3. The van der Waals surface area contributed by atoms with Gasteiger partial charge in [-0.1, -0.05) is 105 Å². The molecule has 0 atom stereocenters. The van der Waals surface area contributed by atoms with Crippen LogP contribution >= 0.6 is 0 Å². The van der Waals surface area contributed by atoms with Gasteiger partial charge in [0.25, 0.3) is 0 Å². The van der Waals surface area contributed by atoms with Gasteiger partial charge >= 0.3 is 0 Å². The lowest BCUT2D eigenvalue weighted by molar-refractivity contribution is 0.660. The van der Waals surface area contributed by atoms with Crippen molar-refractivity contribution in [2.75, 3.05) is 0 Å². The van der Waals surface area contributed by atoms with Gasteiger partial charge in [-0.2, -0.15) is 0 Å². The SMILES string of the molecule is CC1(C)c2ccccc2-c2c(-c3cc(-c4cccc5c4oc4ccccc45)nc(-c4ccc5oc6ccccc6c5c4)n3)cccc21. The molecule has 0 fully saturated rings. The fourth-order valence-electron chi connectivity index (χ4n) is 7.63. The smallest absolute Gasteiger partial charge is 0.160 e. The molecular weight excluding hydrogens is 576 g/mol. The van der Waals surface area contributed by atoms with Crippen LogP contribution in [-0.2, 0) is 5.41 Å². The summed E-state index contributed by atoms with van der Waals surface area (Å²) >= 11 is 0. The van der Waals surface area contributed by atoms with E-state index in [2.05, 4.69) is 111 Å². The topological polar surface area (TPSA) is 52.1 Å². The Morgan fingerprint density at radius 3 is 1.91 bits per heavy atom. The highest BCUT2D eigenvalue weighted by Gasteiger charge is 2.36. The minimum atomic E-state index is -0.117. The van der Waals surface area contributed by atoms with Gasteiger partial charge in [0.1, 0.15) is 22.3 Å². The van der Waals surface area contributed by atoms with Gasteiger partial charge < -0.3 is 8.83 Å². The molecular formula is C43H28N2O2. The first-order valence-electron chi connectivity index (χ1n) is 16.0. The monoisotopic (exact) mass is 604 g/mol. The van der Waals surface area contributed by atoms with E-state index in [0.717, 1.165) is 72.0 Å². The van der Waals surface area contributed by atoms with E-state index >= 15 is 0 Å². The molecule has 0 amide bonds. The number of furan rings is 2. The number of hydrogen-bond acceptors (Lipinski definition) is 4. The third-order valence-electron chi connectivity index (χ3n) is 9.92. The molecule has 0 radical (unpaired) electrons. The highest BCUT2D eigenvalue weighted by molar-refractivity contribution is 6.10. The van der Waals surface area contributed by atoms with Gasteiger partial charge in [0, 0.05) is 43.7 Å². The molecule has 0 N–H and O–H groups in total. The molecule has 0 aliphatic heterocycles. The lowest BCUT2D eigenvalue weighted by atomic mass is 9.82. The number of rotatable bonds is 3. The molecule has 9 aromatic rings. The van der Waals surface area contributed by atoms with Crippen LogP contribution in [0.25, 0.3) is 88.9 Å².